The molecule has 0 saturated heterocycles. The molecule has 8 nitrogen and oxygen atoms in total. The zero-order valence-corrected chi connectivity index (χ0v) is 22.6. The Labute approximate surface area is 227 Å². The average molecular weight is 528 g/mol. The summed E-state index contributed by atoms with van der Waals surface area (Å²) in [5.74, 6) is -1.89. The number of nitrogens with two attached hydrogens (primary N) is 2. The van der Waals surface area contributed by atoms with Gasteiger partial charge < -0.3 is 26.6 Å². The van der Waals surface area contributed by atoms with Gasteiger partial charge in [-0.25, -0.2) is 0 Å². The average Bonchev–Trinajstić information content (AvgIpc) is 2.91. The molecule has 0 spiro atoms. The summed E-state index contributed by atoms with van der Waals surface area (Å²) in [5, 5.41) is 12.4. The van der Waals surface area contributed by atoms with Crippen LogP contribution in [-0.4, -0.2) is 42.1 Å². The first-order valence-electron chi connectivity index (χ1n) is 13.5. The van der Waals surface area contributed by atoms with Crippen LogP contribution in [0.25, 0.3) is 0 Å². The number of amides is 1. The van der Waals surface area contributed by atoms with Crippen LogP contribution in [0.2, 0.25) is 0 Å². The van der Waals surface area contributed by atoms with Crippen molar-refractivity contribution in [3.8, 4) is 0 Å². The highest BCUT2D eigenvalue weighted by atomic mass is 16.5. The summed E-state index contributed by atoms with van der Waals surface area (Å²) in [5.41, 5.74) is 12.5. The van der Waals surface area contributed by atoms with Crippen molar-refractivity contribution in [2.75, 3.05) is 13.1 Å². The van der Waals surface area contributed by atoms with E-state index in [1.165, 1.54) is 25.7 Å². The molecule has 38 heavy (non-hydrogen) atoms. The third-order valence-electron chi connectivity index (χ3n) is 6.06. The van der Waals surface area contributed by atoms with Gasteiger partial charge in [-0.3, -0.25) is 14.4 Å². The van der Waals surface area contributed by atoms with Gasteiger partial charge in [-0.05, 0) is 24.0 Å². The minimum absolute atomic E-state index is 0.246. The van der Waals surface area contributed by atoms with Gasteiger partial charge in [0.25, 0.3) is 0 Å². The molecule has 8 heteroatoms. The minimum Gasteiger partial charge on any atom is -0.481 e. The van der Waals surface area contributed by atoms with Gasteiger partial charge in [0.05, 0.1) is 18.4 Å². The number of hydrogen-bond donors (Lipinski definition) is 4. The summed E-state index contributed by atoms with van der Waals surface area (Å²) in [6.07, 6.45) is 8.37. The number of rotatable bonds is 18. The number of unbranched alkanes of at least 4 members (excludes halogenated alkanes) is 5. The number of nitrogens with one attached hydrogen (secondary N) is 1. The van der Waals surface area contributed by atoms with E-state index in [-0.39, 0.29) is 24.9 Å². The highest BCUT2D eigenvalue weighted by molar-refractivity contribution is 5.79. The van der Waals surface area contributed by atoms with Crippen LogP contribution < -0.4 is 16.8 Å². The normalized spacial score (nSPS) is 12.1. The molecule has 210 valence electrons. The molecule has 2 rings (SSSR count). The fourth-order valence-electron chi connectivity index (χ4n) is 3.73. The maximum atomic E-state index is 11.7. The second kappa shape index (κ2) is 20.8. The number of aliphatic carboxylic acids is 1. The van der Waals surface area contributed by atoms with Gasteiger partial charge in [-0.1, -0.05) is 106 Å². The number of esters is 1. The number of ether oxygens (including phenoxy) is 1. The van der Waals surface area contributed by atoms with Gasteiger partial charge in [0.2, 0.25) is 5.91 Å². The predicted molar refractivity (Wildman–Crippen MR) is 150 cm³/mol. The molecule has 0 aliphatic heterocycles. The highest BCUT2D eigenvalue weighted by Gasteiger charge is 2.16. The molecular formula is C30H45N3O5. The number of primary amides is 1. The topological polar surface area (TPSA) is 145 Å². The smallest absolute Gasteiger partial charge is 0.307 e. The van der Waals surface area contributed by atoms with Crippen molar-refractivity contribution in [1.29, 1.82) is 0 Å². The molecule has 0 heterocycles. The maximum absolute atomic E-state index is 11.7. The lowest BCUT2D eigenvalue weighted by Gasteiger charge is -2.13. The van der Waals surface area contributed by atoms with E-state index in [4.69, 9.17) is 16.2 Å². The molecular weight excluding hydrogens is 482 g/mol. The Morgan fingerprint density at radius 3 is 2.05 bits per heavy atom. The molecule has 0 bridgehead atoms. The Morgan fingerprint density at radius 2 is 1.47 bits per heavy atom. The SMILES string of the molecule is CCCCCCCC[C@H](CNCCC(=O)OCc1ccccc1)C(=O)O.NC(=O)[C@@H](N)Cc1ccccc1. The summed E-state index contributed by atoms with van der Waals surface area (Å²) in [6.45, 7) is 3.29. The molecule has 6 N–H and O–H groups in total. The van der Waals surface area contributed by atoms with Crippen LogP contribution in [0, 0.1) is 5.92 Å². The summed E-state index contributed by atoms with van der Waals surface area (Å²) >= 11 is 0. The number of carbonyl (C=O) groups excluding carboxylic acids is 2. The summed E-state index contributed by atoms with van der Waals surface area (Å²) < 4.78 is 5.20. The van der Waals surface area contributed by atoms with E-state index in [1.54, 1.807) is 0 Å². The third-order valence-corrected chi connectivity index (χ3v) is 6.06. The van der Waals surface area contributed by atoms with E-state index in [9.17, 15) is 19.5 Å². The van der Waals surface area contributed by atoms with Crippen molar-refractivity contribution >= 4 is 17.8 Å². The lowest BCUT2D eigenvalue weighted by Crippen LogP contribution is -2.38. The molecule has 0 aliphatic carbocycles. The molecule has 0 aromatic heterocycles. The quantitative estimate of drug-likeness (QED) is 0.168. The number of benzene rings is 2. The first kappa shape index (κ1) is 32.8. The van der Waals surface area contributed by atoms with E-state index < -0.39 is 17.9 Å². The molecule has 1 amide bonds. The van der Waals surface area contributed by atoms with Crippen molar-refractivity contribution in [2.45, 2.75) is 77.4 Å². The fraction of sp³-hybridized carbons (Fsp3) is 0.500. The minimum atomic E-state index is -0.766. The van der Waals surface area contributed by atoms with Crippen LogP contribution in [0.3, 0.4) is 0 Å². The third kappa shape index (κ3) is 16.5. The number of hydrogen-bond acceptors (Lipinski definition) is 6. The summed E-state index contributed by atoms with van der Waals surface area (Å²) in [6, 6.07) is 18.5. The predicted octanol–water partition coefficient (Wildman–Crippen LogP) is 4.20. The second-order valence-corrected chi connectivity index (χ2v) is 9.39. The molecule has 2 aromatic rings. The Balaban J connectivity index is 0.000000499. The van der Waals surface area contributed by atoms with Crippen molar-refractivity contribution in [3.05, 3.63) is 71.8 Å². The van der Waals surface area contributed by atoms with Crippen LogP contribution in [-0.2, 0) is 32.1 Å². The zero-order valence-electron chi connectivity index (χ0n) is 22.6. The molecule has 0 radical (unpaired) electrons. The van der Waals surface area contributed by atoms with Crippen molar-refractivity contribution in [3.63, 3.8) is 0 Å². The van der Waals surface area contributed by atoms with Crippen LogP contribution in [0.1, 0.15) is 69.4 Å². The van der Waals surface area contributed by atoms with Crippen molar-refractivity contribution in [1.82, 2.24) is 5.32 Å². The Hall–Kier alpha value is -3.23. The van der Waals surface area contributed by atoms with E-state index in [2.05, 4.69) is 12.2 Å². The van der Waals surface area contributed by atoms with Gasteiger partial charge in [0, 0.05) is 13.1 Å². The van der Waals surface area contributed by atoms with Gasteiger partial charge >= 0.3 is 11.9 Å². The lowest BCUT2D eigenvalue weighted by molar-refractivity contribution is -0.144. The highest BCUT2D eigenvalue weighted by Crippen LogP contribution is 2.12. The molecule has 0 unspecified atom stereocenters. The Morgan fingerprint density at radius 1 is 0.895 bits per heavy atom. The lowest BCUT2D eigenvalue weighted by atomic mass is 10.00. The molecule has 2 aromatic carbocycles. The van der Waals surface area contributed by atoms with Gasteiger partial charge in [0.1, 0.15) is 6.61 Å². The second-order valence-electron chi connectivity index (χ2n) is 9.39. The maximum Gasteiger partial charge on any atom is 0.307 e. The summed E-state index contributed by atoms with van der Waals surface area (Å²) in [7, 11) is 0. The van der Waals surface area contributed by atoms with Crippen LogP contribution in [0.4, 0.5) is 0 Å². The summed E-state index contributed by atoms with van der Waals surface area (Å²) in [4.78, 5) is 33.6. The van der Waals surface area contributed by atoms with Crippen LogP contribution >= 0.6 is 0 Å². The fourth-order valence-corrected chi connectivity index (χ4v) is 3.73. The van der Waals surface area contributed by atoms with Crippen LogP contribution in [0.5, 0.6) is 0 Å². The first-order valence-corrected chi connectivity index (χ1v) is 13.5. The van der Waals surface area contributed by atoms with E-state index >= 15 is 0 Å². The Bertz CT molecular complexity index is 909. The van der Waals surface area contributed by atoms with E-state index in [1.807, 2.05) is 60.7 Å². The molecule has 0 fully saturated rings. The van der Waals surface area contributed by atoms with Gasteiger partial charge in [-0.2, -0.15) is 0 Å². The van der Waals surface area contributed by atoms with E-state index in [0.717, 1.165) is 24.0 Å². The Kier molecular flexibility index (Phi) is 17.9. The largest absolute Gasteiger partial charge is 0.481 e. The van der Waals surface area contributed by atoms with Gasteiger partial charge in [0.15, 0.2) is 0 Å². The first-order chi connectivity index (χ1) is 18.3. The molecule has 0 aliphatic rings. The van der Waals surface area contributed by atoms with Crippen molar-refractivity contribution < 1.29 is 24.2 Å². The number of carboxylic acids is 1. The monoisotopic (exact) mass is 527 g/mol. The van der Waals surface area contributed by atoms with Gasteiger partial charge in [-0.15, -0.1) is 0 Å². The van der Waals surface area contributed by atoms with E-state index in [0.29, 0.717) is 25.9 Å². The van der Waals surface area contributed by atoms with Crippen molar-refractivity contribution in [2.24, 2.45) is 17.4 Å². The zero-order chi connectivity index (χ0) is 28.0. The number of carbonyl (C=O) groups is 3. The molecule has 2 atom stereocenters. The molecule has 0 saturated carbocycles. The standard InChI is InChI=1S/C21H33NO4.C9H12N2O/c1-2-3-4-5-6-10-13-19(21(24)25)16-22-15-14-20(23)26-17-18-11-8-7-9-12-18;10-8(9(11)12)6-7-4-2-1-3-5-7/h7-9,11-12,19,22H,2-6,10,13-17H2,1H3,(H,24,25);1-5,8H,6,10H2,(H2,11,12)/t19-;8-/m10/s1. The van der Waals surface area contributed by atoms with Crippen LogP contribution in [0.15, 0.2) is 60.7 Å². The number of carboxylic acid groups (broad SMARTS) is 1.